The van der Waals surface area contributed by atoms with Gasteiger partial charge < -0.3 is 10.4 Å². The van der Waals surface area contributed by atoms with Crippen LogP contribution in [0.1, 0.15) is 15.9 Å². The minimum Gasteiger partial charge on any atom is -0.384 e. The number of amides is 1. The number of hydrogen-bond donors (Lipinski definition) is 2. The number of hydrogen-bond acceptors (Lipinski definition) is 5. The molecule has 0 aliphatic rings. The van der Waals surface area contributed by atoms with E-state index in [9.17, 15) is 9.18 Å². The van der Waals surface area contributed by atoms with Crippen molar-refractivity contribution in [2.75, 3.05) is 11.9 Å². The zero-order valence-electron chi connectivity index (χ0n) is 9.55. The van der Waals surface area contributed by atoms with E-state index < -0.39 is 11.7 Å². The zero-order chi connectivity index (χ0) is 13.7. The van der Waals surface area contributed by atoms with E-state index in [1.54, 1.807) is 0 Å². The molecule has 1 amide bonds. The summed E-state index contributed by atoms with van der Waals surface area (Å²) in [5.74, 6) is 3.72. The Morgan fingerprint density at radius 2 is 2.37 bits per heavy atom. The summed E-state index contributed by atoms with van der Waals surface area (Å²) in [5, 5.41) is 15.1. The molecule has 0 saturated carbocycles. The predicted molar refractivity (Wildman–Crippen MR) is 68.2 cm³/mol. The van der Waals surface area contributed by atoms with Crippen molar-refractivity contribution in [3.8, 4) is 11.8 Å². The number of nitrogens with zero attached hydrogens (tertiary/aromatic N) is 2. The number of benzene rings is 1. The van der Waals surface area contributed by atoms with Crippen LogP contribution in [-0.4, -0.2) is 27.2 Å². The molecular formula is C12H8FN3O2S. The molecule has 0 unspecified atom stereocenters. The van der Waals surface area contributed by atoms with Crippen LogP contribution < -0.4 is 5.32 Å². The van der Waals surface area contributed by atoms with Crippen LogP contribution >= 0.6 is 11.5 Å². The minimum absolute atomic E-state index is 0.130. The summed E-state index contributed by atoms with van der Waals surface area (Å²) >= 11 is 1.03. The predicted octanol–water partition coefficient (Wildman–Crippen LogP) is 1.27. The Balaban J connectivity index is 2.17. The molecule has 1 aromatic heterocycles. The topological polar surface area (TPSA) is 75.1 Å². The van der Waals surface area contributed by atoms with Crippen LogP contribution in [0.15, 0.2) is 24.4 Å². The van der Waals surface area contributed by atoms with Gasteiger partial charge >= 0.3 is 0 Å². The van der Waals surface area contributed by atoms with Crippen molar-refractivity contribution in [2.45, 2.75) is 0 Å². The van der Waals surface area contributed by atoms with E-state index >= 15 is 0 Å². The van der Waals surface area contributed by atoms with Gasteiger partial charge in [-0.2, -0.15) is 0 Å². The lowest BCUT2D eigenvalue weighted by molar-refractivity contribution is 0.102. The Kier molecular flexibility index (Phi) is 4.18. The van der Waals surface area contributed by atoms with E-state index in [-0.39, 0.29) is 17.7 Å². The molecule has 0 bridgehead atoms. The Hall–Kier alpha value is -2.30. The molecule has 7 heteroatoms. The van der Waals surface area contributed by atoms with Crippen molar-refractivity contribution in [2.24, 2.45) is 0 Å². The van der Waals surface area contributed by atoms with Crippen LogP contribution in [0.25, 0.3) is 0 Å². The van der Waals surface area contributed by atoms with Gasteiger partial charge in [-0.3, -0.25) is 4.79 Å². The van der Waals surface area contributed by atoms with Gasteiger partial charge in [-0.1, -0.05) is 16.3 Å². The van der Waals surface area contributed by atoms with Crippen molar-refractivity contribution in [3.05, 3.63) is 41.3 Å². The molecule has 2 aromatic rings. The molecule has 0 spiro atoms. The quantitative estimate of drug-likeness (QED) is 0.811. The van der Waals surface area contributed by atoms with Gasteiger partial charge in [0.1, 0.15) is 17.4 Å². The Bertz CT molecular complexity index is 647. The molecule has 0 radical (unpaired) electrons. The summed E-state index contributed by atoms with van der Waals surface area (Å²) in [7, 11) is 0. The highest BCUT2D eigenvalue weighted by Crippen LogP contribution is 2.14. The van der Waals surface area contributed by atoms with E-state index in [1.165, 1.54) is 18.3 Å². The largest absolute Gasteiger partial charge is 0.384 e. The van der Waals surface area contributed by atoms with E-state index in [0.717, 1.165) is 17.6 Å². The first-order valence-corrected chi connectivity index (χ1v) is 5.96. The van der Waals surface area contributed by atoms with Crippen molar-refractivity contribution in [1.29, 1.82) is 0 Å². The van der Waals surface area contributed by atoms with Crippen LogP contribution in [0.4, 0.5) is 9.39 Å². The number of anilines is 1. The highest BCUT2D eigenvalue weighted by molar-refractivity contribution is 7.10. The average molecular weight is 277 g/mol. The second-order valence-electron chi connectivity index (χ2n) is 3.39. The summed E-state index contributed by atoms with van der Waals surface area (Å²) in [4.78, 5) is 11.8. The summed E-state index contributed by atoms with van der Waals surface area (Å²) in [5.41, 5.74) is 0.297. The average Bonchev–Trinajstić information content (AvgIpc) is 2.90. The summed E-state index contributed by atoms with van der Waals surface area (Å²) < 4.78 is 17.2. The van der Waals surface area contributed by atoms with Gasteiger partial charge in [0.25, 0.3) is 5.91 Å². The molecule has 5 nitrogen and oxygen atoms in total. The number of aliphatic hydroxyl groups is 1. The lowest BCUT2D eigenvalue weighted by Gasteiger charge is -2.02. The molecule has 0 fully saturated rings. The molecule has 96 valence electrons. The van der Waals surface area contributed by atoms with E-state index in [2.05, 4.69) is 26.7 Å². The van der Waals surface area contributed by atoms with Crippen molar-refractivity contribution in [1.82, 2.24) is 9.59 Å². The maximum absolute atomic E-state index is 13.6. The normalized spacial score (nSPS) is 9.58. The fourth-order valence-corrected chi connectivity index (χ4v) is 1.71. The number of aromatic nitrogens is 2. The minimum atomic E-state index is -0.615. The maximum atomic E-state index is 13.6. The van der Waals surface area contributed by atoms with Gasteiger partial charge in [-0.25, -0.2) is 4.39 Å². The van der Waals surface area contributed by atoms with Gasteiger partial charge in [0.2, 0.25) is 0 Å². The maximum Gasteiger partial charge on any atom is 0.256 e. The molecule has 0 atom stereocenters. The highest BCUT2D eigenvalue weighted by atomic mass is 32.1. The molecule has 2 N–H and O–H groups in total. The molecule has 0 saturated heterocycles. The molecule has 0 aliphatic carbocycles. The van der Waals surface area contributed by atoms with Crippen molar-refractivity contribution < 1.29 is 14.3 Å². The number of rotatable bonds is 2. The van der Waals surface area contributed by atoms with Crippen molar-refractivity contribution >= 4 is 22.4 Å². The summed E-state index contributed by atoms with van der Waals surface area (Å²) in [6, 6.07) is 3.93. The molecule has 1 aromatic carbocycles. The van der Waals surface area contributed by atoms with Crippen LogP contribution in [0.3, 0.4) is 0 Å². The standard InChI is InChI=1S/C12H8FN3O2S/c13-10-6-9(4-3-8(10)2-1-5-17)12(18)15-11-7-14-16-19-11/h3-4,6-7,17H,5H2,(H,15,18). The first-order valence-electron chi connectivity index (χ1n) is 5.18. The van der Waals surface area contributed by atoms with Crippen LogP contribution in [-0.2, 0) is 0 Å². The van der Waals surface area contributed by atoms with Crippen LogP contribution in [0.2, 0.25) is 0 Å². The molecule has 19 heavy (non-hydrogen) atoms. The lowest BCUT2D eigenvalue weighted by Crippen LogP contribution is -2.11. The number of nitrogens with one attached hydrogen (secondary N) is 1. The van der Waals surface area contributed by atoms with Gasteiger partial charge in [-0.15, -0.1) is 5.10 Å². The summed E-state index contributed by atoms with van der Waals surface area (Å²) in [6.07, 6.45) is 1.40. The van der Waals surface area contributed by atoms with Crippen LogP contribution in [0, 0.1) is 17.7 Å². The number of carbonyl (C=O) groups is 1. The van der Waals surface area contributed by atoms with Gasteiger partial charge in [0, 0.05) is 17.1 Å². The number of halogens is 1. The fraction of sp³-hybridized carbons (Fsp3) is 0.0833. The van der Waals surface area contributed by atoms with E-state index in [1.807, 2.05) is 0 Å². The first-order chi connectivity index (χ1) is 9.20. The monoisotopic (exact) mass is 277 g/mol. The summed E-state index contributed by atoms with van der Waals surface area (Å²) in [6.45, 7) is -0.347. The number of aliphatic hydroxyl groups excluding tert-OH is 1. The fourth-order valence-electron chi connectivity index (χ4n) is 1.30. The molecular weight excluding hydrogens is 269 g/mol. The lowest BCUT2D eigenvalue weighted by atomic mass is 10.1. The van der Waals surface area contributed by atoms with Crippen LogP contribution in [0.5, 0.6) is 0 Å². The Morgan fingerprint density at radius 1 is 1.53 bits per heavy atom. The van der Waals surface area contributed by atoms with Gasteiger partial charge in [0.05, 0.1) is 11.8 Å². The third-order valence-corrected chi connectivity index (χ3v) is 2.71. The van der Waals surface area contributed by atoms with E-state index in [0.29, 0.717) is 5.00 Å². The molecule has 0 aliphatic heterocycles. The van der Waals surface area contributed by atoms with E-state index in [4.69, 9.17) is 5.11 Å². The molecule has 1 heterocycles. The Morgan fingerprint density at radius 3 is 3.00 bits per heavy atom. The third kappa shape index (κ3) is 3.34. The van der Waals surface area contributed by atoms with Gasteiger partial charge in [-0.05, 0) is 18.2 Å². The Labute approximate surface area is 112 Å². The second kappa shape index (κ2) is 6.04. The third-order valence-electron chi connectivity index (χ3n) is 2.13. The van der Waals surface area contributed by atoms with Gasteiger partial charge in [0.15, 0.2) is 0 Å². The smallest absolute Gasteiger partial charge is 0.256 e. The number of carbonyl (C=O) groups excluding carboxylic acids is 1. The molecule has 2 rings (SSSR count). The highest BCUT2D eigenvalue weighted by Gasteiger charge is 2.10. The SMILES string of the molecule is O=C(Nc1cnns1)c1ccc(C#CCO)c(F)c1. The first kappa shape index (κ1) is 13.1. The van der Waals surface area contributed by atoms with Crippen molar-refractivity contribution in [3.63, 3.8) is 0 Å². The second-order valence-corrected chi connectivity index (χ2v) is 4.18. The zero-order valence-corrected chi connectivity index (χ0v) is 10.4.